The van der Waals surface area contributed by atoms with Crippen molar-refractivity contribution < 1.29 is 18.7 Å². The Labute approximate surface area is 85.9 Å². The Bertz CT molecular complexity index is 384. The Hall–Kier alpha value is -1.24. The van der Waals surface area contributed by atoms with Crippen LogP contribution in [0.15, 0.2) is 10.5 Å². The summed E-state index contributed by atoms with van der Waals surface area (Å²) in [7, 11) is 0. The van der Waals surface area contributed by atoms with Gasteiger partial charge in [0, 0.05) is 0 Å². The third-order valence-electron chi connectivity index (χ3n) is 1.44. The molecule has 0 aliphatic rings. The number of hydrogen-bond acceptors (Lipinski definition) is 3. The summed E-state index contributed by atoms with van der Waals surface area (Å²) in [5.74, 6) is -1.40. The number of carboxylic acids is 1. The van der Waals surface area contributed by atoms with Gasteiger partial charge in [0.05, 0.1) is 10.2 Å². The molecule has 0 saturated heterocycles. The summed E-state index contributed by atoms with van der Waals surface area (Å²) in [6.45, 7) is 0. The zero-order valence-electron chi connectivity index (χ0n) is 6.67. The predicted octanol–water partition coefficient (Wildman–Crippen LogP) is 2.06. The standard InChI is InChI=1S/C7H5BrF2N2O2/c8-4-2(11)1-3(7(13)14)12-5(4)6(9)10/h1,6H,(H2,11,12)(H,13,14). The molecule has 7 heteroatoms. The fourth-order valence-corrected chi connectivity index (χ4v) is 1.20. The van der Waals surface area contributed by atoms with Crippen LogP contribution in [0.4, 0.5) is 14.5 Å². The maximum atomic E-state index is 12.3. The maximum Gasteiger partial charge on any atom is 0.354 e. The molecule has 0 amide bonds. The molecule has 1 aromatic heterocycles. The number of nitrogen functional groups attached to an aromatic ring is 1. The topological polar surface area (TPSA) is 76.2 Å². The lowest BCUT2D eigenvalue weighted by molar-refractivity contribution is 0.0688. The van der Waals surface area contributed by atoms with Gasteiger partial charge in [0.15, 0.2) is 5.69 Å². The molecule has 1 rings (SSSR count). The average molecular weight is 267 g/mol. The summed E-state index contributed by atoms with van der Waals surface area (Å²) < 4.78 is 24.5. The molecule has 0 spiro atoms. The largest absolute Gasteiger partial charge is 0.477 e. The maximum absolute atomic E-state index is 12.3. The summed E-state index contributed by atoms with van der Waals surface area (Å²) in [5, 5.41) is 8.53. The monoisotopic (exact) mass is 266 g/mol. The third-order valence-corrected chi connectivity index (χ3v) is 2.30. The quantitative estimate of drug-likeness (QED) is 0.859. The lowest BCUT2D eigenvalue weighted by Gasteiger charge is -2.06. The first-order valence-corrected chi connectivity index (χ1v) is 4.20. The number of carboxylic acid groups (broad SMARTS) is 1. The molecule has 76 valence electrons. The Morgan fingerprint density at radius 1 is 1.64 bits per heavy atom. The minimum atomic E-state index is -2.87. The highest BCUT2D eigenvalue weighted by atomic mass is 79.9. The summed E-state index contributed by atoms with van der Waals surface area (Å²) in [6.07, 6.45) is -2.87. The molecule has 0 unspecified atom stereocenters. The minimum absolute atomic E-state index is 0.0718. The van der Waals surface area contributed by atoms with Gasteiger partial charge in [-0.2, -0.15) is 0 Å². The van der Waals surface area contributed by atoms with Crippen molar-refractivity contribution >= 4 is 27.6 Å². The van der Waals surface area contributed by atoms with E-state index in [0.29, 0.717) is 0 Å². The van der Waals surface area contributed by atoms with Crippen LogP contribution < -0.4 is 5.73 Å². The molecule has 0 radical (unpaired) electrons. The lowest BCUT2D eigenvalue weighted by atomic mass is 10.2. The van der Waals surface area contributed by atoms with Gasteiger partial charge in [-0.25, -0.2) is 18.6 Å². The highest BCUT2D eigenvalue weighted by Crippen LogP contribution is 2.30. The van der Waals surface area contributed by atoms with Gasteiger partial charge in [0.1, 0.15) is 5.69 Å². The molecule has 0 aliphatic carbocycles. The summed E-state index contributed by atoms with van der Waals surface area (Å²) in [5.41, 5.74) is 4.07. The number of alkyl halides is 2. The van der Waals surface area contributed by atoms with E-state index in [0.717, 1.165) is 6.07 Å². The SMILES string of the molecule is Nc1cc(C(=O)O)nc(C(F)F)c1Br. The Balaban J connectivity index is 3.35. The van der Waals surface area contributed by atoms with Crippen molar-refractivity contribution in [3.63, 3.8) is 0 Å². The van der Waals surface area contributed by atoms with Crippen molar-refractivity contribution in [3.8, 4) is 0 Å². The molecule has 3 N–H and O–H groups in total. The summed E-state index contributed by atoms with van der Waals surface area (Å²) in [6, 6.07) is 1.01. The van der Waals surface area contributed by atoms with Crippen LogP contribution in [0.1, 0.15) is 22.6 Å². The zero-order chi connectivity index (χ0) is 10.9. The molecule has 1 aromatic rings. The summed E-state index contributed by atoms with van der Waals surface area (Å²) in [4.78, 5) is 13.7. The molecule has 0 aromatic carbocycles. The number of carbonyl (C=O) groups is 1. The predicted molar refractivity (Wildman–Crippen MR) is 48.3 cm³/mol. The fourth-order valence-electron chi connectivity index (χ4n) is 0.824. The highest BCUT2D eigenvalue weighted by Gasteiger charge is 2.19. The molecule has 0 fully saturated rings. The second-order valence-electron chi connectivity index (χ2n) is 2.40. The Morgan fingerprint density at radius 2 is 2.21 bits per heavy atom. The van der Waals surface area contributed by atoms with E-state index in [4.69, 9.17) is 10.8 Å². The van der Waals surface area contributed by atoms with Crippen LogP contribution in [0, 0.1) is 0 Å². The van der Waals surface area contributed by atoms with Crippen molar-refractivity contribution in [2.24, 2.45) is 0 Å². The van der Waals surface area contributed by atoms with Crippen molar-refractivity contribution in [2.75, 3.05) is 5.73 Å². The molecule has 14 heavy (non-hydrogen) atoms. The van der Waals surface area contributed by atoms with Crippen molar-refractivity contribution in [1.82, 2.24) is 4.98 Å². The first-order chi connectivity index (χ1) is 6.43. The summed E-state index contributed by atoms with van der Waals surface area (Å²) >= 11 is 2.80. The van der Waals surface area contributed by atoms with Crippen LogP contribution in [0.3, 0.4) is 0 Å². The molecule has 0 saturated carbocycles. The van der Waals surface area contributed by atoms with Gasteiger partial charge < -0.3 is 10.8 Å². The van der Waals surface area contributed by atoms with Crippen molar-refractivity contribution in [3.05, 3.63) is 21.9 Å². The average Bonchev–Trinajstić information content (AvgIpc) is 2.08. The van der Waals surface area contributed by atoms with Crippen molar-refractivity contribution in [1.29, 1.82) is 0 Å². The van der Waals surface area contributed by atoms with E-state index < -0.39 is 23.8 Å². The molecule has 0 atom stereocenters. The molecule has 0 aliphatic heterocycles. The van der Waals surface area contributed by atoms with Gasteiger partial charge in [-0.05, 0) is 22.0 Å². The van der Waals surface area contributed by atoms with Gasteiger partial charge in [0.25, 0.3) is 6.43 Å². The van der Waals surface area contributed by atoms with Crippen LogP contribution in [0.25, 0.3) is 0 Å². The van der Waals surface area contributed by atoms with E-state index in [1.807, 2.05) is 0 Å². The lowest BCUT2D eigenvalue weighted by Crippen LogP contribution is -2.06. The third kappa shape index (κ3) is 1.98. The number of nitrogens with two attached hydrogens (primary N) is 1. The number of rotatable bonds is 2. The second kappa shape index (κ2) is 3.87. The molecular weight excluding hydrogens is 262 g/mol. The van der Waals surface area contributed by atoms with Crippen LogP contribution in [-0.2, 0) is 0 Å². The van der Waals surface area contributed by atoms with Crippen molar-refractivity contribution in [2.45, 2.75) is 6.43 Å². The van der Waals surface area contributed by atoms with E-state index in [2.05, 4.69) is 20.9 Å². The van der Waals surface area contributed by atoms with E-state index >= 15 is 0 Å². The Kier molecular flexibility index (Phi) is 3.00. The number of pyridine rings is 1. The van der Waals surface area contributed by atoms with Gasteiger partial charge >= 0.3 is 5.97 Å². The van der Waals surface area contributed by atoms with E-state index in [9.17, 15) is 13.6 Å². The Morgan fingerprint density at radius 3 is 2.64 bits per heavy atom. The molecule has 1 heterocycles. The van der Waals surface area contributed by atoms with Gasteiger partial charge in [-0.1, -0.05) is 0 Å². The highest BCUT2D eigenvalue weighted by molar-refractivity contribution is 9.10. The normalized spacial score (nSPS) is 10.6. The first-order valence-electron chi connectivity index (χ1n) is 3.41. The molecular formula is C7H5BrF2N2O2. The van der Waals surface area contributed by atoms with Crippen LogP contribution in [-0.4, -0.2) is 16.1 Å². The minimum Gasteiger partial charge on any atom is -0.477 e. The van der Waals surface area contributed by atoms with E-state index in [1.165, 1.54) is 0 Å². The van der Waals surface area contributed by atoms with E-state index in [1.54, 1.807) is 0 Å². The number of anilines is 1. The number of aromatic nitrogens is 1. The number of halogens is 3. The smallest absolute Gasteiger partial charge is 0.354 e. The molecule has 0 bridgehead atoms. The van der Waals surface area contributed by atoms with Crippen LogP contribution >= 0.6 is 15.9 Å². The van der Waals surface area contributed by atoms with Crippen LogP contribution in [0.2, 0.25) is 0 Å². The van der Waals surface area contributed by atoms with E-state index in [-0.39, 0.29) is 10.2 Å². The number of nitrogens with zero attached hydrogens (tertiary/aromatic N) is 1. The molecule has 4 nitrogen and oxygen atoms in total. The zero-order valence-corrected chi connectivity index (χ0v) is 8.25. The fraction of sp³-hybridized carbons (Fsp3) is 0.143. The van der Waals surface area contributed by atoms with Crippen LogP contribution in [0.5, 0.6) is 0 Å². The number of aromatic carboxylic acids is 1. The van der Waals surface area contributed by atoms with Gasteiger partial charge in [0.2, 0.25) is 0 Å². The second-order valence-corrected chi connectivity index (χ2v) is 3.19. The number of hydrogen-bond donors (Lipinski definition) is 2. The van der Waals surface area contributed by atoms with Gasteiger partial charge in [-0.3, -0.25) is 0 Å². The first kappa shape index (κ1) is 10.8. The van der Waals surface area contributed by atoms with Gasteiger partial charge in [-0.15, -0.1) is 0 Å².